The van der Waals surface area contributed by atoms with Crippen molar-refractivity contribution in [2.45, 2.75) is 38.2 Å². The van der Waals surface area contributed by atoms with Crippen molar-refractivity contribution in [3.05, 3.63) is 35.4 Å². The highest BCUT2D eigenvalue weighted by atomic mass is 16.4. The minimum Gasteiger partial charge on any atom is -0.481 e. The van der Waals surface area contributed by atoms with Crippen LogP contribution in [-0.4, -0.2) is 16.2 Å². The number of aryl methyl sites for hydroxylation is 1. The molecular weight excluding hydrogens is 216 g/mol. The van der Waals surface area contributed by atoms with Gasteiger partial charge in [-0.25, -0.2) is 0 Å². The molecule has 0 heterocycles. The van der Waals surface area contributed by atoms with Crippen LogP contribution in [0.2, 0.25) is 0 Å². The maximum absolute atomic E-state index is 10.9. The summed E-state index contributed by atoms with van der Waals surface area (Å²) in [6, 6.07) is 7.65. The summed E-state index contributed by atoms with van der Waals surface area (Å²) in [5, 5.41) is 19.5. The van der Waals surface area contributed by atoms with Gasteiger partial charge in [-0.05, 0) is 36.3 Å². The molecule has 1 aliphatic rings. The number of aliphatic carboxylic acids is 1. The van der Waals surface area contributed by atoms with Gasteiger partial charge in [0, 0.05) is 0 Å². The average Bonchev–Trinajstić information content (AvgIpc) is 3.12. The minimum absolute atomic E-state index is 0.103. The molecular formula is C14H18O3. The SMILES string of the molecule is CCc1ccc(C(O)(CC(=O)O)C2CC2)cc1. The molecule has 1 aliphatic carbocycles. The first-order chi connectivity index (χ1) is 8.06. The van der Waals surface area contributed by atoms with E-state index in [1.165, 1.54) is 5.56 Å². The Labute approximate surface area is 101 Å². The van der Waals surface area contributed by atoms with E-state index in [1.54, 1.807) is 0 Å². The Balaban J connectivity index is 2.28. The Kier molecular flexibility index (Phi) is 3.20. The first kappa shape index (κ1) is 12.1. The van der Waals surface area contributed by atoms with Crippen LogP contribution in [0.4, 0.5) is 0 Å². The molecule has 0 saturated heterocycles. The van der Waals surface area contributed by atoms with Gasteiger partial charge in [0.15, 0.2) is 0 Å². The van der Waals surface area contributed by atoms with Gasteiger partial charge in [-0.3, -0.25) is 4.79 Å². The van der Waals surface area contributed by atoms with Crippen LogP contribution in [0, 0.1) is 5.92 Å². The van der Waals surface area contributed by atoms with E-state index >= 15 is 0 Å². The van der Waals surface area contributed by atoms with Gasteiger partial charge >= 0.3 is 5.97 Å². The third kappa shape index (κ3) is 2.50. The molecule has 1 fully saturated rings. The number of hydrogen-bond donors (Lipinski definition) is 2. The third-order valence-corrected chi connectivity index (χ3v) is 3.54. The molecule has 1 atom stereocenters. The molecule has 0 amide bonds. The lowest BCUT2D eigenvalue weighted by atomic mass is 9.85. The fourth-order valence-electron chi connectivity index (χ4n) is 2.30. The molecule has 1 unspecified atom stereocenters. The van der Waals surface area contributed by atoms with Gasteiger partial charge in [0.2, 0.25) is 0 Å². The second-order valence-electron chi connectivity index (χ2n) is 4.82. The molecule has 1 aromatic rings. The molecule has 3 nitrogen and oxygen atoms in total. The van der Waals surface area contributed by atoms with Crippen molar-refractivity contribution >= 4 is 5.97 Å². The summed E-state index contributed by atoms with van der Waals surface area (Å²) in [7, 11) is 0. The molecule has 2 rings (SSSR count). The minimum atomic E-state index is -1.18. The van der Waals surface area contributed by atoms with E-state index in [0.29, 0.717) is 0 Å². The molecule has 0 aliphatic heterocycles. The van der Waals surface area contributed by atoms with E-state index in [2.05, 4.69) is 6.92 Å². The summed E-state index contributed by atoms with van der Waals surface area (Å²) in [6.45, 7) is 2.07. The van der Waals surface area contributed by atoms with Crippen LogP contribution < -0.4 is 0 Å². The van der Waals surface area contributed by atoms with E-state index in [1.807, 2.05) is 24.3 Å². The van der Waals surface area contributed by atoms with E-state index in [4.69, 9.17) is 5.11 Å². The highest BCUT2D eigenvalue weighted by Crippen LogP contribution is 2.47. The molecule has 0 aromatic heterocycles. The average molecular weight is 234 g/mol. The van der Waals surface area contributed by atoms with Crippen molar-refractivity contribution in [2.24, 2.45) is 5.92 Å². The maximum Gasteiger partial charge on any atom is 0.306 e. The third-order valence-electron chi connectivity index (χ3n) is 3.54. The molecule has 2 N–H and O–H groups in total. The Hall–Kier alpha value is -1.35. The number of carboxylic acid groups (broad SMARTS) is 1. The number of carbonyl (C=O) groups is 1. The lowest BCUT2D eigenvalue weighted by Gasteiger charge is -2.27. The van der Waals surface area contributed by atoms with Crippen molar-refractivity contribution in [3.8, 4) is 0 Å². The van der Waals surface area contributed by atoms with E-state index in [9.17, 15) is 9.90 Å². The predicted molar refractivity (Wildman–Crippen MR) is 64.7 cm³/mol. The molecule has 92 valence electrons. The van der Waals surface area contributed by atoms with Crippen molar-refractivity contribution in [2.75, 3.05) is 0 Å². The quantitative estimate of drug-likeness (QED) is 0.822. The number of benzene rings is 1. The van der Waals surface area contributed by atoms with E-state index < -0.39 is 11.6 Å². The van der Waals surface area contributed by atoms with Gasteiger partial charge < -0.3 is 10.2 Å². The Bertz CT molecular complexity index is 406. The molecule has 0 bridgehead atoms. The summed E-state index contributed by atoms with van der Waals surface area (Å²) >= 11 is 0. The normalized spacial score (nSPS) is 18.7. The zero-order valence-electron chi connectivity index (χ0n) is 10.0. The topological polar surface area (TPSA) is 57.5 Å². The fraction of sp³-hybridized carbons (Fsp3) is 0.500. The largest absolute Gasteiger partial charge is 0.481 e. The highest BCUT2D eigenvalue weighted by Gasteiger charge is 2.46. The number of rotatable bonds is 5. The highest BCUT2D eigenvalue weighted by molar-refractivity contribution is 5.68. The van der Waals surface area contributed by atoms with Crippen molar-refractivity contribution in [3.63, 3.8) is 0 Å². The summed E-state index contributed by atoms with van der Waals surface area (Å²) in [5.41, 5.74) is 0.750. The first-order valence-electron chi connectivity index (χ1n) is 6.10. The van der Waals surface area contributed by atoms with E-state index in [0.717, 1.165) is 24.8 Å². The van der Waals surface area contributed by atoms with Crippen LogP contribution in [0.25, 0.3) is 0 Å². The molecule has 0 radical (unpaired) electrons. The lowest BCUT2D eigenvalue weighted by Crippen LogP contribution is -2.31. The smallest absolute Gasteiger partial charge is 0.306 e. The standard InChI is InChI=1S/C14H18O3/c1-2-10-3-5-11(6-4-10)14(17,9-13(15)16)12-7-8-12/h3-6,12,17H,2,7-9H2,1H3,(H,15,16). The molecule has 17 heavy (non-hydrogen) atoms. The van der Waals surface area contributed by atoms with E-state index in [-0.39, 0.29) is 12.3 Å². The molecule has 1 aromatic carbocycles. The van der Waals surface area contributed by atoms with Gasteiger partial charge in [0.25, 0.3) is 0 Å². The summed E-state index contributed by atoms with van der Waals surface area (Å²) in [5.74, 6) is -0.843. The van der Waals surface area contributed by atoms with Gasteiger partial charge in [-0.2, -0.15) is 0 Å². The second-order valence-corrected chi connectivity index (χ2v) is 4.82. The first-order valence-corrected chi connectivity index (χ1v) is 6.10. The van der Waals surface area contributed by atoms with Gasteiger partial charge in [-0.1, -0.05) is 31.2 Å². The molecule has 3 heteroatoms. The van der Waals surface area contributed by atoms with Crippen LogP contribution in [0.15, 0.2) is 24.3 Å². The zero-order chi connectivity index (χ0) is 12.5. The summed E-state index contributed by atoms with van der Waals surface area (Å²) < 4.78 is 0. The molecule has 0 spiro atoms. The van der Waals surface area contributed by atoms with Gasteiger partial charge in [-0.15, -0.1) is 0 Å². The van der Waals surface area contributed by atoms with Crippen molar-refractivity contribution < 1.29 is 15.0 Å². The second kappa shape index (κ2) is 4.49. The van der Waals surface area contributed by atoms with Crippen molar-refractivity contribution in [1.82, 2.24) is 0 Å². The number of hydrogen-bond acceptors (Lipinski definition) is 2. The maximum atomic E-state index is 10.9. The van der Waals surface area contributed by atoms with Crippen LogP contribution >= 0.6 is 0 Å². The monoisotopic (exact) mass is 234 g/mol. The van der Waals surface area contributed by atoms with Crippen molar-refractivity contribution in [1.29, 1.82) is 0 Å². The van der Waals surface area contributed by atoms with Crippen LogP contribution in [0.5, 0.6) is 0 Å². The number of aliphatic hydroxyl groups is 1. The summed E-state index contributed by atoms with van der Waals surface area (Å²) in [4.78, 5) is 10.9. The fourth-order valence-corrected chi connectivity index (χ4v) is 2.30. The Morgan fingerprint density at radius 3 is 2.35 bits per heavy atom. The Morgan fingerprint density at radius 1 is 1.35 bits per heavy atom. The van der Waals surface area contributed by atoms with Gasteiger partial charge in [0.1, 0.15) is 5.60 Å². The molecule has 1 saturated carbocycles. The Morgan fingerprint density at radius 2 is 1.94 bits per heavy atom. The van der Waals surface area contributed by atoms with Crippen LogP contribution in [0.1, 0.15) is 37.3 Å². The van der Waals surface area contributed by atoms with Crippen LogP contribution in [0.3, 0.4) is 0 Å². The lowest BCUT2D eigenvalue weighted by molar-refractivity contribution is -0.144. The predicted octanol–water partition coefficient (Wildman–Crippen LogP) is 2.32. The van der Waals surface area contributed by atoms with Gasteiger partial charge in [0.05, 0.1) is 6.42 Å². The summed E-state index contributed by atoms with van der Waals surface area (Å²) in [6.07, 6.45) is 2.57. The zero-order valence-corrected chi connectivity index (χ0v) is 10.0. The number of carboxylic acids is 1. The van der Waals surface area contributed by atoms with Crippen LogP contribution in [-0.2, 0) is 16.8 Å².